The van der Waals surface area contributed by atoms with Crippen LogP contribution in [0.5, 0.6) is 11.5 Å². The van der Waals surface area contributed by atoms with Gasteiger partial charge in [-0.25, -0.2) is 4.98 Å². The third-order valence-corrected chi connectivity index (χ3v) is 4.42. The third kappa shape index (κ3) is 4.91. The van der Waals surface area contributed by atoms with Gasteiger partial charge < -0.3 is 20.1 Å². The second kappa shape index (κ2) is 9.08. The maximum absolute atomic E-state index is 5.36. The SMILES string of the molecule is COc1ccc(CNc2cc(C)nc(NC(C)c3ccccc3)n2)cc1OC. The molecule has 0 spiro atoms. The van der Waals surface area contributed by atoms with Gasteiger partial charge in [0.1, 0.15) is 5.82 Å². The van der Waals surface area contributed by atoms with Gasteiger partial charge in [-0.2, -0.15) is 4.98 Å². The molecular weight excluding hydrogens is 352 g/mol. The minimum Gasteiger partial charge on any atom is -0.493 e. The first kappa shape index (κ1) is 19.5. The summed E-state index contributed by atoms with van der Waals surface area (Å²) in [5.41, 5.74) is 3.15. The molecule has 6 nitrogen and oxygen atoms in total. The number of rotatable bonds is 8. The van der Waals surface area contributed by atoms with Crippen molar-refractivity contribution in [2.75, 3.05) is 24.9 Å². The number of methoxy groups -OCH3 is 2. The average molecular weight is 378 g/mol. The second-order valence-corrected chi connectivity index (χ2v) is 6.54. The number of aryl methyl sites for hydroxylation is 1. The van der Waals surface area contributed by atoms with E-state index < -0.39 is 0 Å². The van der Waals surface area contributed by atoms with Gasteiger partial charge in [-0.15, -0.1) is 0 Å². The summed E-state index contributed by atoms with van der Waals surface area (Å²) in [6, 6.07) is 18.1. The van der Waals surface area contributed by atoms with E-state index >= 15 is 0 Å². The summed E-state index contributed by atoms with van der Waals surface area (Å²) in [5, 5.41) is 6.73. The molecule has 3 rings (SSSR count). The molecule has 1 aromatic heterocycles. The molecule has 0 fully saturated rings. The molecule has 0 bridgehead atoms. The molecule has 28 heavy (non-hydrogen) atoms. The maximum atomic E-state index is 5.36. The third-order valence-electron chi connectivity index (χ3n) is 4.42. The van der Waals surface area contributed by atoms with Crippen molar-refractivity contribution in [3.8, 4) is 11.5 Å². The molecule has 1 atom stereocenters. The predicted molar refractivity (Wildman–Crippen MR) is 112 cm³/mol. The summed E-state index contributed by atoms with van der Waals surface area (Å²) in [6.07, 6.45) is 0. The lowest BCUT2D eigenvalue weighted by Gasteiger charge is -2.16. The fourth-order valence-electron chi connectivity index (χ4n) is 2.93. The highest BCUT2D eigenvalue weighted by Gasteiger charge is 2.09. The van der Waals surface area contributed by atoms with Gasteiger partial charge in [0.05, 0.1) is 20.3 Å². The fraction of sp³-hybridized carbons (Fsp3) is 0.273. The lowest BCUT2D eigenvalue weighted by atomic mass is 10.1. The van der Waals surface area contributed by atoms with Crippen LogP contribution in [-0.4, -0.2) is 24.2 Å². The Morgan fingerprint density at radius 1 is 0.929 bits per heavy atom. The Morgan fingerprint density at radius 2 is 1.68 bits per heavy atom. The summed E-state index contributed by atoms with van der Waals surface area (Å²) < 4.78 is 10.6. The molecule has 3 aromatic rings. The largest absolute Gasteiger partial charge is 0.493 e. The molecule has 2 aromatic carbocycles. The highest BCUT2D eigenvalue weighted by atomic mass is 16.5. The molecule has 146 valence electrons. The predicted octanol–water partition coefficient (Wildman–Crippen LogP) is 4.59. The van der Waals surface area contributed by atoms with E-state index in [0.29, 0.717) is 24.0 Å². The van der Waals surface area contributed by atoms with Gasteiger partial charge in [-0.3, -0.25) is 0 Å². The maximum Gasteiger partial charge on any atom is 0.225 e. The Labute approximate surface area is 166 Å². The first-order valence-corrected chi connectivity index (χ1v) is 9.21. The Hall–Kier alpha value is -3.28. The first-order chi connectivity index (χ1) is 13.6. The van der Waals surface area contributed by atoms with Gasteiger partial charge in [0.25, 0.3) is 0 Å². The molecule has 2 N–H and O–H groups in total. The van der Waals surface area contributed by atoms with Crippen LogP contribution in [-0.2, 0) is 6.54 Å². The number of hydrogen-bond donors (Lipinski definition) is 2. The van der Waals surface area contributed by atoms with Crippen molar-refractivity contribution in [3.05, 3.63) is 71.4 Å². The molecule has 6 heteroatoms. The summed E-state index contributed by atoms with van der Waals surface area (Å²) in [4.78, 5) is 9.11. The van der Waals surface area contributed by atoms with E-state index in [1.807, 2.05) is 49.4 Å². The Morgan fingerprint density at radius 3 is 2.39 bits per heavy atom. The zero-order valence-corrected chi connectivity index (χ0v) is 16.7. The van der Waals surface area contributed by atoms with Crippen molar-refractivity contribution in [2.45, 2.75) is 26.4 Å². The van der Waals surface area contributed by atoms with Crippen molar-refractivity contribution in [1.29, 1.82) is 0 Å². The number of nitrogens with zero attached hydrogens (tertiary/aromatic N) is 2. The molecule has 1 unspecified atom stereocenters. The summed E-state index contributed by atoms with van der Waals surface area (Å²) in [7, 11) is 3.26. The normalized spacial score (nSPS) is 11.6. The molecule has 0 aliphatic rings. The van der Waals surface area contributed by atoms with Crippen LogP contribution in [0.4, 0.5) is 11.8 Å². The molecule has 1 heterocycles. The Kier molecular flexibility index (Phi) is 6.32. The Balaban J connectivity index is 1.70. The van der Waals surface area contributed by atoms with Crippen molar-refractivity contribution in [2.24, 2.45) is 0 Å². The van der Waals surface area contributed by atoms with Crippen LogP contribution < -0.4 is 20.1 Å². The molecule has 0 saturated carbocycles. The van der Waals surface area contributed by atoms with E-state index in [-0.39, 0.29) is 6.04 Å². The lowest BCUT2D eigenvalue weighted by Crippen LogP contribution is -2.11. The van der Waals surface area contributed by atoms with Gasteiger partial charge >= 0.3 is 0 Å². The average Bonchev–Trinajstić information content (AvgIpc) is 2.72. The summed E-state index contributed by atoms with van der Waals surface area (Å²) in [6.45, 7) is 4.67. The monoisotopic (exact) mass is 378 g/mol. The molecular formula is C22H26N4O2. The number of benzene rings is 2. The van der Waals surface area contributed by atoms with Crippen LogP contribution in [0, 0.1) is 6.92 Å². The molecule has 0 amide bonds. The van der Waals surface area contributed by atoms with Crippen LogP contribution in [0.1, 0.15) is 29.8 Å². The second-order valence-electron chi connectivity index (χ2n) is 6.54. The van der Waals surface area contributed by atoms with Gasteiger partial charge in [-0.05, 0) is 37.1 Å². The molecule has 0 radical (unpaired) electrons. The number of hydrogen-bond acceptors (Lipinski definition) is 6. The molecule has 0 aliphatic carbocycles. The number of aromatic nitrogens is 2. The van der Waals surface area contributed by atoms with Crippen LogP contribution >= 0.6 is 0 Å². The number of ether oxygens (including phenoxy) is 2. The van der Waals surface area contributed by atoms with Crippen LogP contribution in [0.2, 0.25) is 0 Å². The van der Waals surface area contributed by atoms with Crippen molar-refractivity contribution < 1.29 is 9.47 Å². The number of anilines is 2. The van der Waals surface area contributed by atoms with E-state index in [1.54, 1.807) is 14.2 Å². The van der Waals surface area contributed by atoms with E-state index in [4.69, 9.17) is 9.47 Å². The van der Waals surface area contributed by atoms with Crippen molar-refractivity contribution >= 4 is 11.8 Å². The topological polar surface area (TPSA) is 68.3 Å². The minimum absolute atomic E-state index is 0.113. The summed E-state index contributed by atoms with van der Waals surface area (Å²) in [5.74, 6) is 2.79. The van der Waals surface area contributed by atoms with Crippen LogP contribution in [0.3, 0.4) is 0 Å². The van der Waals surface area contributed by atoms with Gasteiger partial charge in [-0.1, -0.05) is 36.4 Å². The summed E-state index contributed by atoms with van der Waals surface area (Å²) >= 11 is 0. The van der Waals surface area contributed by atoms with Gasteiger partial charge in [0, 0.05) is 18.3 Å². The van der Waals surface area contributed by atoms with Crippen molar-refractivity contribution in [3.63, 3.8) is 0 Å². The number of nitrogens with one attached hydrogen (secondary N) is 2. The quantitative estimate of drug-likeness (QED) is 0.598. The molecule has 0 aliphatic heterocycles. The zero-order valence-electron chi connectivity index (χ0n) is 16.7. The smallest absolute Gasteiger partial charge is 0.225 e. The highest BCUT2D eigenvalue weighted by molar-refractivity contribution is 5.46. The fourth-order valence-corrected chi connectivity index (χ4v) is 2.93. The van der Waals surface area contributed by atoms with Gasteiger partial charge in [0.15, 0.2) is 11.5 Å². The molecule has 0 saturated heterocycles. The standard InChI is InChI=1S/C22H26N4O2/c1-15-12-21(23-14-17-10-11-19(27-3)20(13-17)28-4)26-22(24-15)25-16(2)18-8-6-5-7-9-18/h5-13,16H,14H2,1-4H3,(H2,23,24,25,26). The lowest BCUT2D eigenvalue weighted by molar-refractivity contribution is 0.354. The Bertz CT molecular complexity index is 916. The van der Waals surface area contributed by atoms with Gasteiger partial charge in [0.2, 0.25) is 5.95 Å². The van der Waals surface area contributed by atoms with E-state index in [0.717, 1.165) is 17.1 Å². The van der Waals surface area contributed by atoms with E-state index in [9.17, 15) is 0 Å². The van der Waals surface area contributed by atoms with Crippen molar-refractivity contribution in [1.82, 2.24) is 9.97 Å². The van der Waals surface area contributed by atoms with E-state index in [2.05, 4.69) is 39.7 Å². The minimum atomic E-state index is 0.113. The zero-order chi connectivity index (χ0) is 19.9. The highest BCUT2D eigenvalue weighted by Crippen LogP contribution is 2.28. The van der Waals surface area contributed by atoms with Crippen LogP contribution in [0.15, 0.2) is 54.6 Å². The first-order valence-electron chi connectivity index (χ1n) is 9.21. The van der Waals surface area contributed by atoms with E-state index in [1.165, 1.54) is 5.56 Å². The van der Waals surface area contributed by atoms with Crippen LogP contribution in [0.25, 0.3) is 0 Å².